The van der Waals surface area contributed by atoms with Gasteiger partial charge in [0, 0.05) is 31.9 Å². The number of hydrogen-bond donors (Lipinski definition) is 1. The van der Waals surface area contributed by atoms with E-state index in [1.807, 2.05) is 18.2 Å². The fourth-order valence-electron chi connectivity index (χ4n) is 3.52. The molecule has 127 valence electrons. The number of nitrogens with zero attached hydrogens (tertiary/aromatic N) is 2. The molecule has 1 heterocycles. The van der Waals surface area contributed by atoms with Crippen LogP contribution in [0, 0.1) is 20.4 Å². The summed E-state index contributed by atoms with van der Waals surface area (Å²) < 4.78 is 0. The first-order valence-electron chi connectivity index (χ1n) is 8.74. The Balaban J connectivity index is 1.52. The van der Waals surface area contributed by atoms with Crippen LogP contribution < -0.4 is 4.90 Å². The number of anilines is 1. The summed E-state index contributed by atoms with van der Waals surface area (Å²) in [6, 6.07) is 16.7. The fourth-order valence-corrected chi connectivity index (χ4v) is 3.52. The van der Waals surface area contributed by atoms with Crippen LogP contribution >= 0.6 is 0 Å². The normalized spacial score (nSPS) is 17.0. The molecule has 1 saturated heterocycles. The number of para-hydroxylation sites is 1. The maximum absolute atomic E-state index is 10.4. The zero-order valence-corrected chi connectivity index (χ0v) is 14.7. The third kappa shape index (κ3) is 4.16. The lowest BCUT2D eigenvalue weighted by Crippen LogP contribution is -2.46. The number of β-amino-alcohol motifs (C(OH)–C–C–N with tert-alkyl or cyclic N) is 1. The molecular weight excluding hydrogens is 296 g/mol. The van der Waals surface area contributed by atoms with Gasteiger partial charge in [0.2, 0.25) is 0 Å². The highest BCUT2D eigenvalue weighted by molar-refractivity contribution is 5.60. The molecule has 0 aliphatic carbocycles. The summed E-state index contributed by atoms with van der Waals surface area (Å²) in [5, 5.41) is 10.4. The Hall–Kier alpha value is -1.84. The number of aliphatic hydroxyl groups is 1. The molecule has 3 rings (SSSR count). The minimum atomic E-state index is -0.312. The molecule has 1 unspecified atom stereocenters. The first kappa shape index (κ1) is 17.0. The van der Waals surface area contributed by atoms with Crippen LogP contribution in [0.25, 0.3) is 0 Å². The number of aryl methyl sites for hydroxylation is 2. The molecule has 0 saturated carbocycles. The van der Waals surface area contributed by atoms with Crippen molar-refractivity contribution in [3.63, 3.8) is 0 Å². The Bertz CT molecular complexity index is 628. The maximum Gasteiger partial charge on any atom is 0.0707 e. The Kier molecular flexibility index (Phi) is 5.54. The van der Waals surface area contributed by atoms with E-state index < -0.39 is 0 Å². The minimum Gasteiger partial charge on any atom is -0.391 e. The van der Waals surface area contributed by atoms with E-state index in [9.17, 15) is 5.11 Å². The van der Waals surface area contributed by atoms with Crippen LogP contribution in [0.4, 0.5) is 5.69 Å². The van der Waals surface area contributed by atoms with Crippen molar-refractivity contribution >= 4 is 5.69 Å². The zero-order chi connectivity index (χ0) is 16.9. The van der Waals surface area contributed by atoms with Gasteiger partial charge in [0.1, 0.15) is 0 Å². The predicted molar refractivity (Wildman–Crippen MR) is 100 cm³/mol. The number of aliphatic hydroxyl groups excluding tert-OH is 1. The first-order chi connectivity index (χ1) is 11.6. The third-order valence-electron chi connectivity index (χ3n) is 4.73. The molecular formula is C21H27N2O. The summed E-state index contributed by atoms with van der Waals surface area (Å²) in [6.07, 6.45) is 0.408. The Morgan fingerprint density at radius 2 is 1.67 bits per heavy atom. The number of piperazine rings is 1. The van der Waals surface area contributed by atoms with Gasteiger partial charge in [-0.25, -0.2) is 0 Å². The van der Waals surface area contributed by atoms with E-state index >= 15 is 0 Å². The second kappa shape index (κ2) is 7.82. The molecule has 2 aromatic rings. The smallest absolute Gasteiger partial charge is 0.0707 e. The average Bonchev–Trinajstić information content (AvgIpc) is 2.57. The van der Waals surface area contributed by atoms with Crippen molar-refractivity contribution in [1.82, 2.24) is 4.90 Å². The van der Waals surface area contributed by atoms with Gasteiger partial charge in [-0.2, -0.15) is 0 Å². The minimum absolute atomic E-state index is 0.312. The molecule has 1 atom stereocenters. The molecule has 0 amide bonds. The van der Waals surface area contributed by atoms with E-state index in [4.69, 9.17) is 0 Å². The quantitative estimate of drug-likeness (QED) is 0.915. The van der Waals surface area contributed by atoms with Crippen molar-refractivity contribution in [2.75, 3.05) is 31.1 Å². The molecule has 3 nitrogen and oxygen atoms in total. The van der Waals surface area contributed by atoms with Gasteiger partial charge in [0.05, 0.1) is 12.6 Å². The van der Waals surface area contributed by atoms with Crippen molar-refractivity contribution in [1.29, 1.82) is 0 Å². The van der Waals surface area contributed by atoms with E-state index in [0.29, 0.717) is 0 Å². The second-order valence-electron chi connectivity index (χ2n) is 6.72. The predicted octanol–water partition coefficient (Wildman–Crippen LogP) is 3.19. The molecule has 0 aromatic heterocycles. The van der Waals surface area contributed by atoms with Crippen LogP contribution in [-0.4, -0.2) is 42.3 Å². The Morgan fingerprint density at radius 1 is 0.958 bits per heavy atom. The Morgan fingerprint density at radius 3 is 2.29 bits per heavy atom. The molecule has 0 spiro atoms. The first-order valence-corrected chi connectivity index (χ1v) is 8.74. The van der Waals surface area contributed by atoms with Gasteiger partial charge in [0.15, 0.2) is 0 Å². The molecule has 0 bridgehead atoms. The monoisotopic (exact) mass is 323 g/mol. The zero-order valence-electron chi connectivity index (χ0n) is 14.7. The molecule has 1 aliphatic heterocycles. The van der Waals surface area contributed by atoms with Crippen molar-refractivity contribution in [2.24, 2.45) is 0 Å². The SMILES string of the molecule is Cc1cccc(C)c1N1[CH]CN(CC(O)Cc2ccccc2)CC1. The van der Waals surface area contributed by atoms with Gasteiger partial charge in [-0.3, -0.25) is 4.90 Å². The number of hydrogen-bond acceptors (Lipinski definition) is 3. The summed E-state index contributed by atoms with van der Waals surface area (Å²) >= 11 is 0. The van der Waals surface area contributed by atoms with Gasteiger partial charge in [-0.15, -0.1) is 0 Å². The standard InChI is InChI=1S/C21H27N2O/c1-17-7-6-8-18(2)21(17)23-13-11-22(12-14-23)16-20(24)15-19-9-4-3-5-10-19/h3-10,13,20,24H,11-12,14-16H2,1-2H3. The molecule has 24 heavy (non-hydrogen) atoms. The third-order valence-corrected chi connectivity index (χ3v) is 4.73. The van der Waals surface area contributed by atoms with Crippen molar-refractivity contribution < 1.29 is 5.11 Å². The van der Waals surface area contributed by atoms with E-state index in [1.165, 1.54) is 22.4 Å². The molecule has 1 radical (unpaired) electrons. The molecule has 3 heteroatoms. The summed E-state index contributed by atoms with van der Waals surface area (Å²) in [4.78, 5) is 4.70. The lowest BCUT2D eigenvalue weighted by Gasteiger charge is -2.37. The van der Waals surface area contributed by atoms with Crippen molar-refractivity contribution in [3.8, 4) is 0 Å². The molecule has 1 aliphatic rings. The van der Waals surface area contributed by atoms with E-state index in [-0.39, 0.29) is 6.10 Å². The van der Waals surface area contributed by atoms with Crippen LogP contribution in [0.15, 0.2) is 48.5 Å². The second-order valence-corrected chi connectivity index (χ2v) is 6.72. The topological polar surface area (TPSA) is 26.7 Å². The molecule has 1 fully saturated rings. The van der Waals surface area contributed by atoms with Crippen LogP contribution in [0.1, 0.15) is 16.7 Å². The lowest BCUT2D eigenvalue weighted by atomic mass is 10.1. The van der Waals surface area contributed by atoms with Crippen molar-refractivity contribution in [2.45, 2.75) is 26.4 Å². The van der Waals surface area contributed by atoms with Gasteiger partial charge in [0.25, 0.3) is 0 Å². The largest absolute Gasteiger partial charge is 0.391 e. The van der Waals surface area contributed by atoms with Crippen molar-refractivity contribution in [3.05, 3.63) is 71.8 Å². The summed E-state index contributed by atoms with van der Waals surface area (Å²) in [5.41, 5.74) is 5.18. The van der Waals surface area contributed by atoms with E-state index in [0.717, 1.165) is 32.6 Å². The van der Waals surface area contributed by atoms with E-state index in [1.54, 1.807) is 0 Å². The summed E-state index contributed by atoms with van der Waals surface area (Å²) in [7, 11) is 0. The highest BCUT2D eigenvalue weighted by Crippen LogP contribution is 2.27. The lowest BCUT2D eigenvalue weighted by molar-refractivity contribution is 0.113. The highest BCUT2D eigenvalue weighted by Gasteiger charge is 2.21. The average molecular weight is 323 g/mol. The van der Waals surface area contributed by atoms with Crippen LogP contribution in [0.2, 0.25) is 0 Å². The van der Waals surface area contributed by atoms with Crippen LogP contribution in [0.5, 0.6) is 0 Å². The number of benzene rings is 2. The van der Waals surface area contributed by atoms with Crippen LogP contribution in [-0.2, 0) is 6.42 Å². The Labute approximate surface area is 145 Å². The van der Waals surface area contributed by atoms with Gasteiger partial charge in [-0.05, 0) is 37.0 Å². The van der Waals surface area contributed by atoms with Gasteiger partial charge < -0.3 is 10.0 Å². The van der Waals surface area contributed by atoms with Crippen LogP contribution in [0.3, 0.4) is 0 Å². The molecule has 1 N–H and O–H groups in total. The highest BCUT2D eigenvalue weighted by atomic mass is 16.3. The van der Waals surface area contributed by atoms with Gasteiger partial charge in [-0.1, -0.05) is 48.5 Å². The summed E-state index contributed by atoms with van der Waals surface area (Å²) in [5.74, 6) is 0. The number of rotatable bonds is 5. The van der Waals surface area contributed by atoms with E-state index in [2.05, 4.69) is 60.5 Å². The summed E-state index contributed by atoms with van der Waals surface area (Å²) in [6.45, 7) is 10.2. The fraction of sp³-hybridized carbons (Fsp3) is 0.381. The maximum atomic E-state index is 10.4. The molecule has 2 aromatic carbocycles. The van der Waals surface area contributed by atoms with Gasteiger partial charge >= 0.3 is 0 Å².